The molecule has 1 aliphatic heterocycles. The number of aliphatic carboxylic acids is 1. The van der Waals surface area contributed by atoms with E-state index >= 15 is 0 Å². The van der Waals surface area contributed by atoms with Gasteiger partial charge in [-0.2, -0.15) is 5.10 Å². The van der Waals surface area contributed by atoms with Gasteiger partial charge in [0.05, 0.1) is 6.20 Å². The summed E-state index contributed by atoms with van der Waals surface area (Å²) in [6.07, 6.45) is 6.89. The third-order valence-corrected chi connectivity index (χ3v) is 3.49. The first-order valence-corrected chi connectivity index (χ1v) is 6.57. The summed E-state index contributed by atoms with van der Waals surface area (Å²) in [7, 11) is 1.83. The molecule has 1 aliphatic rings. The lowest BCUT2D eigenvalue weighted by molar-refractivity contribution is -0.152. The van der Waals surface area contributed by atoms with Crippen molar-refractivity contribution in [2.75, 3.05) is 6.54 Å². The van der Waals surface area contributed by atoms with Gasteiger partial charge in [-0.05, 0) is 31.2 Å². The van der Waals surface area contributed by atoms with E-state index in [-0.39, 0.29) is 5.91 Å². The Labute approximate surface area is 112 Å². The normalized spacial score (nSPS) is 19.4. The average molecular weight is 265 g/mol. The maximum atomic E-state index is 12.1. The largest absolute Gasteiger partial charge is 0.480 e. The van der Waals surface area contributed by atoms with Gasteiger partial charge >= 0.3 is 5.97 Å². The van der Waals surface area contributed by atoms with Gasteiger partial charge in [0.25, 0.3) is 0 Å². The first-order valence-electron chi connectivity index (χ1n) is 6.57. The van der Waals surface area contributed by atoms with Crippen molar-refractivity contribution < 1.29 is 14.7 Å². The van der Waals surface area contributed by atoms with E-state index in [1.54, 1.807) is 10.9 Å². The fraction of sp³-hybridized carbons (Fsp3) is 0.615. The van der Waals surface area contributed by atoms with Crippen LogP contribution in [0.15, 0.2) is 12.4 Å². The summed E-state index contributed by atoms with van der Waals surface area (Å²) >= 11 is 0. The maximum absolute atomic E-state index is 12.1. The van der Waals surface area contributed by atoms with E-state index in [4.69, 9.17) is 5.11 Å². The molecule has 1 fully saturated rings. The fourth-order valence-electron chi connectivity index (χ4n) is 2.48. The Kier molecular flexibility index (Phi) is 4.19. The monoisotopic (exact) mass is 265 g/mol. The standard InChI is InChI=1S/C13H19N3O3/c1-15-9-10(8-14-15)5-6-12(17)16-7-3-2-4-11(16)13(18)19/h8-9,11H,2-7H2,1H3,(H,18,19)/t11-/m1/s1. The lowest BCUT2D eigenvalue weighted by atomic mass is 10.0. The number of carbonyl (C=O) groups excluding carboxylic acids is 1. The molecule has 2 rings (SSSR count). The molecule has 0 saturated carbocycles. The molecule has 0 radical (unpaired) electrons. The van der Waals surface area contributed by atoms with Crippen molar-refractivity contribution in [3.8, 4) is 0 Å². The number of carboxylic acids is 1. The number of likely N-dealkylation sites (tertiary alicyclic amines) is 1. The number of carboxylic acid groups (broad SMARTS) is 1. The SMILES string of the molecule is Cn1cc(CCC(=O)N2CCCC[C@@H]2C(=O)O)cn1. The molecular weight excluding hydrogens is 246 g/mol. The summed E-state index contributed by atoms with van der Waals surface area (Å²) < 4.78 is 1.70. The molecular formula is C13H19N3O3. The van der Waals surface area contributed by atoms with Crippen molar-refractivity contribution in [1.82, 2.24) is 14.7 Å². The van der Waals surface area contributed by atoms with Gasteiger partial charge in [-0.3, -0.25) is 9.48 Å². The minimum atomic E-state index is -0.894. The first-order chi connectivity index (χ1) is 9.08. The van der Waals surface area contributed by atoms with Crippen LogP contribution in [0.25, 0.3) is 0 Å². The van der Waals surface area contributed by atoms with Gasteiger partial charge < -0.3 is 10.0 Å². The van der Waals surface area contributed by atoms with Crippen LogP contribution in [0.2, 0.25) is 0 Å². The van der Waals surface area contributed by atoms with E-state index in [0.29, 0.717) is 25.8 Å². The van der Waals surface area contributed by atoms with Gasteiger partial charge in [-0.15, -0.1) is 0 Å². The summed E-state index contributed by atoms with van der Waals surface area (Å²) in [5.74, 6) is -0.967. The van der Waals surface area contributed by atoms with Crippen LogP contribution in [0.3, 0.4) is 0 Å². The Morgan fingerprint density at radius 1 is 1.47 bits per heavy atom. The number of hydrogen-bond donors (Lipinski definition) is 1. The van der Waals surface area contributed by atoms with Gasteiger partial charge in [0, 0.05) is 26.2 Å². The molecule has 6 heteroatoms. The third-order valence-electron chi connectivity index (χ3n) is 3.49. The quantitative estimate of drug-likeness (QED) is 0.874. The highest BCUT2D eigenvalue weighted by molar-refractivity contribution is 5.84. The lowest BCUT2D eigenvalue weighted by Gasteiger charge is -2.33. The second kappa shape index (κ2) is 5.86. The van der Waals surface area contributed by atoms with E-state index in [2.05, 4.69) is 5.10 Å². The van der Waals surface area contributed by atoms with Gasteiger partial charge in [0.2, 0.25) is 5.91 Å². The van der Waals surface area contributed by atoms with Crippen molar-refractivity contribution >= 4 is 11.9 Å². The second-order valence-electron chi connectivity index (χ2n) is 4.96. The molecule has 0 bridgehead atoms. The van der Waals surface area contributed by atoms with Crippen LogP contribution in [0.4, 0.5) is 0 Å². The molecule has 0 aromatic carbocycles. The molecule has 2 heterocycles. The van der Waals surface area contributed by atoms with E-state index in [1.165, 1.54) is 4.90 Å². The highest BCUT2D eigenvalue weighted by atomic mass is 16.4. The zero-order valence-electron chi connectivity index (χ0n) is 11.1. The molecule has 1 amide bonds. The molecule has 1 aromatic rings. The summed E-state index contributed by atoms with van der Waals surface area (Å²) in [5, 5.41) is 13.2. The van der Waals surface area contributed by atoms with Gasteiger partial charge in [0.15, 0.2) is 0 Å². The summed E-state index contributed by atoms with van der Waals surface area (Å²) in [4.78, 5) is 24.8. The summed E-state index contributed by atoms with van der Waals surface area (Å²) in [6.45, 7) is 0.558. The minimum absolute atomic E-state index is 0.0732. The number of aryl methyl sites for hydroxylation is 2. The molecule has 0 spiro atoms. The van der Waals surface area contributed by atoms with E-state index in [9.17, 15) is 9.59 Å². The predicted octanol–water partition coefficient (Wildman–Crippen LogP) is 0.818. The maximum Gasteiger partial charge on any atom is 0.326 e. The Balaban J connectivity index is 1.92. The Morgan fingerprint density at radius 3 is 2.89 bits per heavy atom. The molecule has 0 aliphatic carbocycles. The summed E-state index contributed by atoms with van der Waals surface area (Å²) in [5.41, 5.74) is 1.000. The topological polar surface area (TPSA) is 75.4 Å². The van der Waals surface area contributed by atoms with Gasteiger partial charge in [-0.25, -0.2) is 4.79 Å². The smallest absolute Gasteiger partial charge is 0.326 e. The third kappa shape index (κ3) is 3.33. The molecule has 0 unspecified atom stereocenters. The average Bonchev–Trinajstić information content (AvgIpc) is 2.81. The Bertz CT molecular complexity index is 469. The highest BCUT2D eigenvalue weighted by Crippen LogP contribution is 2.18. The molecule has 1 N–H and O–H groups in total. The van der Waals surface area contributed by atoms with Crippen molar-refractivity contribution in [2.45, 2.75) is 38.1 Å². The minimum Gasteiger partial charge on any atom is -0.480 e. The zero-order valence-corrected chi connectivity index (χ0v) is 11.1. The molecule has 1 aromatic heterocycles. The number of nitrogens with zero attached hydrogens (tertiary/aromatic N) is 3. The van der Waals surface area contributed by atoms with Crippen LogP contribution in [0.1, 0.15) is 31.2 Å². The van der Waals surface area contributed by atoms with Crippen LogP contribution in [-0.4, -0.2) is 44.3 Å². The van der Waals surface area contributed by atoms with Crippen LogP contribution >= 0.6 is 0 Å². The van der Waals surface area contributed by atoms with Crippen LogP contribution in [0, 0.1) is 0 Å². The van der Waals surface area contributed by atoms with Crippen molar-refractivity contribution in [2.24, 2.45) is 7.05 Å². The fourth-order valence-corrected chi connectivity index (χ4v) is 2.48. The zero-order chi connectivity index (χ0) is 13.8. The van der Waals surface area contributed by atoms with Crippen LogP contribution in [-0.2, 0) is 23.1 Å². The van der Waals surface area contributed by atoms with Gasteiger partial charge in [0.1, 0.15) is 6.04 Å². The number of carbonyl (C=O) groups is 2. The molecule has 1 saturated heterocycles. The second-order valence-corrected chi connectivity index (χ2v) is 4.96. The van der Waals surface area contributed by atoms with Crippen LogP contribution in [0.5, 0.6) is 0 Å². The van der Waals surface area contributed by atoms with Crippen LogP contribution < -0.4 is 0 Å². The number of piperidine rings is 1. The Hall–Kier alpha value is -1.85. The van der Waals surface area contributed by atoms with E-state index in [0.717, 1.165) is 18.4 Å². The molecule has 1 atom stereocenters. The number of hydrogen-bond acceptors (Lipinski definition) is 3. The molecule has 104 valence electrons. The van der Waals surface area contributed by atoms with Crippen molar-refractivity contribution in [1.29, 1.82) is 0 Å². The molecule has 6 nitrogen and oxygen atoms in total. The number of aromatic nitrogens is 2. The van der Waals surface area contributed by atoms with E-state index < -0.39 is 12.0 Å². The highest BCUT2D eigenvalue weighted by Gasteiger charge is 2.31. The molecule has 19 heavy (non-hydrogen) atoms. The lowest BCUT2D eigenvalue weighted by Crippen LogP contribution is -2.48. The first kappa shape index (κ1) is 13.6. The Morgan fingerprint density at radius 2 is 2.26 bits per heavy atom. The summed E-state index contributed by atoms with van der Waals surface area (Å²) in [6, 6.07) is -0.643. The van der Waals surface area contributed by atoms with Gasteiger partial charge in [-0.1, -0.05) is 0 Å². The predicted molar refractivity (Wildman–Crippen MR) is 68.5 cm³/mol. The number of rotatable bonds is 4. The van der Waals surface area contributed by atoms with E-state index in [1.807, 2.05) is 13.2 Å². The van der Waals surface area contributed by atoms with Crippen molar-refractivity contribution in [3.05, 3.63) is 18.0 Å². The number of amides is 1. The van der Waals surface area contributed by atoms with Crippen molar-refractivity contribution in [3.63, 3.8) is 0 Å².